The Bertz CT molecular complexity index is 527. The third kappa shape index (κ3) is 3.19. The van der Waals surface area contributed by atoms with Crippen LogP contribution in [-0.2, 0) is 4.79 Å². The molecule has 4 heteroatoms. The van der Waals surface area contributed by atoms with Crippen LogP contribution in [0.4, 0.5) is 4.79 Å². The van der Waals surface area contributed by atoms with Crippen LogP contribution in [0.5, 0.6) is 0 Å². The van der Waals surface area contributed by atoms with Gasteiger partial charge in [-0.2, -0.15) is 0 Å². The molecule has 19 heavy (non-hydrogen) atoms. The van der Waals surface area contributed by atoms with Crippen molar-refractivity contribution in [2.24, 2.45) is 0 Å². The molecule has 0 unspecified atom stereocenters. The lowest BCUT2D eigenvalue weighted by atomic mass is 9.90. The molecule has 0 aliphatic carbocycles. The van der Waals surface area contributed by atoms with Crippen molar-refractivity contribution >= 4 is 12.0 Å². The van der Waals surface area contributed by atoms with Crippen molar-refractivity contribution in [2.75, 3.05) is 0 Å². The third-order valence-corrected chi connectivity index (χ3v) is 2.76. The lowest BCUT2D eigenvalue weighted by Gasteiger charge is -2.16. The van der Waals surface area contributed by atoms with Crippen molar-refractivity contribution in [1.29, 1.82) is 0 Å². The van der Waals surface area contributed by atoms with Gasteiger partial charge in [-0.25, -0.2) is 4.79 Å². The Hall–Kier alpha value is -2.62. The minimum atomic E-state index is -1.35. The molecule has 2 aromatic rings. The van der Waals surface area contributed by atoms with Crippen molar-refractivity contribution < 1.29 is 14.7 Å². The number of carboxylic acid groups (broad SMARTS) is 1. The van der Waals surface area contributed by atoms with Gasteiger partial charge in [-0.3, -0.25) is 10.1 Å². The molecule has 0 atom stereocenters. The summed E-state index contributed by atoms with van der Waals surface area (Å²) in [6.45, 7) is 0. The van der Waals surface area contributed by atoms with Crippen LogP contribution in [0, 0.1) is 0 Å². The van der Waals surface area contributed by atoms with Gasteiger partial charge in [0.15, 0.2) is 0 Å². The Morgan fingerprint density at radius 1 is 0.842 bits per heavy atom. The van der Waals surface area contributed by atoms with E-state index in [1.807, 2.05) is 41.7 Å². The summed E-state index contributed by atoms with van der Waals surface area (Å²) in [6.07, 6.45) is -1.35. The van der Waals surface area contributed by atoms with Crippen LogP contribution < -0.4 is 5.32 Å². The molecule has 2 N–H and O–H groups in total. The van der Waals surface area contributed by atoms with Gasteiger partial charge in [0.1, 0.15) is 0 Å². The Morgan fingerprint density at radius 2 is 1.26 bits per heavy atom. The molecule has 0 saturated carbocycles. The number of nitrogens with one attached hydrogen (secondary N) is 1. The second-order valence-electron chi connectivity index (χ2n) is 4.05. The van der Waals surface area contributed by atoms with Gasteiger partial charge in [-0.1, -0.05) is 60.7 Å². The highest BCUT2D eigenvalue weighted by molar-refractivity contribution is 5.96. The van der Waals surface area contributed by atoms with E-state index in [2.05, 4.69) is 0 Å². The summed E-state index contributed by atoms with van der Waals surface area (Å²) >= 11 is 0. The van der Waals surface area contributed by atoms with Gasteiger partial charge in [-0.05, 0) is 11.1 Å². The molecule has 0 radical (unpaired) electrons. The van der Waals surface area contributed by atoms with Crippen LogP contribution in [0.3, 0.4) is 0 Å². The summed E-state index contributed by atoms with van der Waals surface area (Å²) in [7, 11) is 0. The van der Waals surface area contributed by atoms with Crippen LogP contribution in [0.1, 0.15) is 17.0 Å². The molecule has 0 heterocycles. The summed E-state index contributed by atoms with van der Waals surface area (Å²) in [4.78, 5) is 22.7. The molecular formula is C15H13NO3. The van der Waals surface area contributed by atoms with Crippen molar-refractivity contribution in [3.8, 4) is 0 Å². The minimum absolute atomic E-state index is 0.551. The molecule has 2 rings (SSSR count). The molecule has 0 aliphatic heterocycles. The fraction of sp³-hybridized carbons (Fsp3) is 0.0667. The van der Waals surface area contributed by atoms with Crippen molar-refractivity contribution in [3.05, 3.63) is 71.8 Å². The summed E-state index contributed by atoms with van der Waals surface area (Å²) in [5.41, 5.74) is 1.51. The van der Waals surface area contributed by atoms with Gasteiger partial charge >= 0.3 is 6.09 Å². The highest BCUT2D eigenvalue weighted by Gasteiger charge is 2.23. The van der Waals surface area contributed by atoms with E-state index >= 15 is 0 Å². The quantitative estimate of drug-likeness (QED) is 0.886. The average molecular weight is 255 g/mol. The van der Waals surface area contributed by atoms with Crippen LogP contribution in [0.15, 0.2) is 60.7 Å². The first-order valence-corrected chi connectivity index (χ1v) is 5.82. The Kier molecular flexibility index (Phi) is 3.93. The maximum Gasteiger partial charge on any atom is 0.411 e. The van der Waals surface area contributed by atoms with E-state index in [-0.39, 0.29) is 0 Å². The van der Waals surface area contributed by atoms with Crippen molar-refractivity contribution in [1.82, 2.24) is 5.32 Å². The average Bonchev–Trinajstić information content (AvgIpc) is 2.40. The first kappa shape index (κ1) is 12.8. The van der Waals surface area contributed by atoms with E-state index < -0.39 is 17.9 Å². The molecule has 0 spiro atoms. The topological polar surface area (TPSA) is 66.4 Å². The molecule has 0 saturated heterocycles. The number of imide groups is 1. The molecule has 0 fully saturated rings. The fourth-order valence-electron chi connectivity index (χ4n) is 1.96. The molecule has 96 valence electrons. The number of amides is 2. The van der Waals surface area contributed by atoms with Gasteiger partial charge in [0.2, 0.25) is 5.91 Å². The SMILES string of the molecule is O=C(O)NC(=O)C(c1ccccc1)c1ccccc1. The van der Waals surface area contributed by atoms with Crippen LogP contribution in [-0.4, -0.2) is 17.1 Å². The largest absolute Gasteiger partial charge is 0.465 e. The predicted octanol–water partition coefficient (Wildman–Crippen LogP) is 2.61. The van der Waals surface area contributed by atoms with E-state index in [1.54, 1.807) is 24.3 Å². The first-order valence-electron chi connectivity index (χ1n) is 5.82. The number of hydrogen-bond donors (Lipinski definition) is 2. The first-order chi connectivity index (χ1) is 9.18. The number of hydrogen-bond acceptors (Lipinski definition) is 2. The highest BCUT2D eigenvalue weighted by Crippen LogP contribution is 2.24. The highest BCUT2D eigenvalue weighted by atomic mass is 16.4. The van der Waals surface area contributed by atoms with E-state index in [0.717, 1.165) is 11.1 Å². The second-order valence-corrected chi connectivity index (χ2v) is 4.05. The maximum atomic E-state index is 12.1. The molecule has 0 aromatic heterocycles. The lowest BCUT2D eigenvalue weighted by molar-refractivity contribution is -0.120. The number of carbonyl (C=O) groups excluding carboxylic acids is 1. The molecule has 0 bridgehead atoms. The normalized spacial score (nSPS) is 10.2. The van der Waals surface area contributed by atoms with Gasteiger partial charge in [0.05, 0.1) is 5.92 Å². The molecule has 0 aliphatic rings. The lowest BCUT2D eigenvalue weighted by Crippen LogP contribution is -2.33. The Morgan fingerprint density at radius 3 is 1.63 bits per heavy atom. The van der Waals surface area contributed by atoms with Crippen LogP contribution >= 0.6 is 0 Å². The summed E-state index contributed by atoms with van der Waals surface area (Å²) in [5, 5.41) is 10.6. The minimum Gasteiger partial charge on any atom is -0.465 e. The van der Waals surface area contributed by atoms with Gasteiger partial charge < -0.3 is 5.11 Å². The number of rotatable bonds is 3. The van der Waals surface area contributed by atoms with Crippen molar-refractivity contribution in [3.63, 3.8) is 0 Å². The van der Waals surface area contributed by atoms with Crippen molar-refractivity contribution in [2.45, 2.75) is 5.92 Å². The number of benzene rings is 2. The Labute approximate surface area is 110 Å². The van der Waals surface area contributed by atoms with E-state index in [0.29, 0.717) is 0 Å². The molecular weight excluding hydrogens is 242 g/mol. The smallest absolute Gasteiger partial charge is 0.411 e. The third-order valence-electron chi connectivity index (χ3n) is 2.76. The number of carbonyl (C=O) groups is 2. The zero-order valence-corrected chi connectivity index (χ0v) is 10.1. The summed E-state index contributed by atoms with van der Waals surface area (Å²) in [6, 6.07) is 18.2. The molecule has 2 amide bonds. The van der Waals surface area contributed by atoms with Gasteiger partial charge in [0.25, 0.3) is 0 Å². The molecule has 4 nitrogen and oxygen atoms in total. The monoisotopic (exact) mass is 255 g/mol. The summed E-state index contributed by atoms with van der Waals surface area (Å²) in [5.74, 6) is -1.18. The zero-order chi connectivity index (χ0) is 13.7. The zero-order valence-electron chi connectivity index (χ0n) is 10.1. The van der Waals surface area contributed by atoms with Crippen LogP contribution in [0.25, 0.3) is 0 Å². The maximum absolute atomic E-state index is 12.1. The van der Waals surface area contributed by atoms with Crippen LogP contribution in [0.2, 0.25) is 0 Å². The predicted molar refractivity (Wildman–Crippen MR) is 70.9 cm³/mol. The fourth-order valence-corrected chi connectivity index (χ4v) is 1.96. The second kappa shape index (κ2) is 5.82. The Balaban J connectivity index is 2.40. The van der Waals surface area contributed by atoms with E-state index in [4.69, 9.17) is 5.11 Å². The van der Waals surface area contributed by atoms with E-state index in [9.17, 15) is 9.59 Å². The summed E-state index contributed by atoms with van der Waals surface area (Å²) < 4.78 is 0. The van der Waals surface area contributed by atoms with Gasteiger partial charge in [0, 0.05) is 0 Å². The standard InChI is InChI=1S/C15H13NO3/c17-14(16-15(18)19)13(11-7-3-1-4-8-11)12-9-5-2-6-10-12/h1-10,13H,(H,16,17)(H,18,19). The van der Waals surface area contributed by atoms with E-state index in [1.165, 1.54) is 0 Å². The van der Waals surface area contributed by atoms with Gasteiger partial charge in [-0.15, -0.1) is 0 Å². The molecule has 2 aromatic carbocycles.